The number of esters is 1. The smallest absolute Gasteiger partial charge is 0.339 e. The van der Waals surface area contributed by atoms with Crippen molar-refractivity contribution in [2.45, 2.75) is 45.9 Å². The molecule has 25 heavy (non-hydrogen) atoms. The van der Waals surface area contributed by atoms with Gasteiger partial charge in [-0.2, -0.15) is 0 Å². The monoisotopic (exact) mass is 337 g/mol. The average molecular weight is 337 g/mol. The molecule has 0 spiro atoms. The molecule has 1 heterocycles. The fraction of sp³-hybridized carbons (Fsp3) is 0.333. The summed E-state index contributed by atoms with van der Waals surface area (Å²) in [5, 5.41) is 0. The number of amides is 1. The van der Waals surface area contributed by atoms with Gasteiger partial charge in [0.1, 0.15) is 0 Å². The SMILES string of the molecule is CC(C)N(C(=O)c1cccc2c1C(c1ccccc1)OC2=O)C(C)C. The first kappa shape index (κ1) is 17.2. The molecule has 1 aliphatic heterocycles. The molecule has 130 valence electrons. The number of hydrogen-bond donors (Lipinski definition) is 0. The van der Waals surface area contributed by atoms with E-state index in [0.29, 0.717) is 16.7 Å². The molecule has 0 aliphatic carbocycles. The van der Waals surface area contributed by atoms with Gasteiger partial charge < -0.3 is 9.64 Å². The van der Waals surface area contributed by atoms with Gasteiger partial charge in [-0.15, -0.1) is 0 Å². The second kappa shape index (κ2) is 6.71. The summed E-state index contributed by atoms with van der Waals surface area (Å²) in [4.78, 5) is 27.4. The summed E-state index contributed by atoms with van der Waals surface area (Å²) in [6.45, 7) is 7.99. The van der Waals surface area contributed by atoms with Crippen LogP contribution in [0.5, 0.6) is 0 Å². The van der Waals surface area contributed by atoms with Crippen LogP contribution in [0.25, 0.3) is 0 Å². The fourth-order valence-corrected chi connectivity index (χ4v) is 3.51. The molecule has 1 aliphatic rings. The zero-order chi connectivity index (χ0) is 18.1. The van der Waals surface area contributed by atoms with Crippen molar-refractivity contribution in [3.63, 3.8) is 0 Å². The summed E-state index contributed by atoms with van der Waals surface area (Å²) in [5.74, 6) is -0.444. The molecule has 4 nitrogen and oxygen atoms in total. The van der Waals surface area contributed by atoms with Crippen molar-refractivity contribution in [1.82, 2.24) is 4.90 Å². The van der Waals surface area contributed by atoms with Crippen molar-refractivity contribution < 1.29 is 14.3 Å². The highest BCUT2D eigenvalue weighted by molar-refractivity contribution is 6.03. The van der Waals surface area contributed by atoms with Gasteiger partial charge >= 0.3 is 5.97 Å². The highest BCUT2D eigenvalue weighted by atomic mass is 16.5. The Balaban J connectivity index is 2.12. The van der Waals surface area contributed by atoms with Crippen LogP contribution in [0.2, 0.25) is 0 Å². The molecule has 0 radical (unpaired) electrons. The molecule has 2 aromatic carbocycles. The van der Waals surface area contributed by atoms with E-state index in [4.69, 9.17) is 4.74 Å². The van der Waals surface area contributed by atoms with Gasteiger partial charge in [0.15, 0.2) is 6.10 Å². The molecule has 0 aromatic heterocycles. The summed E-state index contributed by atoms with van der Waals surface area (Å²) in [6.07, 6.45) is -0.537. The summed E-state index contributed by atoms with van der Waals surface area (Å²) in [7, 11) is 0. The Morgan fingerprint density at radius 3 is 2.20 bits per heavy atom. The van der Waals surface area contributed by atoms with Gasteiger partial charge in [0.2, 0.25) is 0 Å². The predicted octanol–water partition coefficient (Wildman–Crippen LogP) is 4.21. The molecule has 2 aromatic rings. The first-order valence-corrected chi connectivity index (χ1v) is 8.63. The van der Waals surface area contributed by atoms with Crippen LogP contribution in [-0.4, -0.2) is 28.9 Å². The summed E-state index contributed by atoms with van der Waals surface area (Å²) in [5.41, 5.74) is 2.57. The number of hydrogen-bond acceptors (Lipinski definition) is 3. The van der Waals surface area contributed by atoms with Gasteiger partial charge in [-0.3, -0.25) is 4.79 Å². The third kappa shape index (κ3) is 3.04. The number of ether oxygens (including phenoxy) is 1. The molecule has 0 fully saturated rings. The van der Waals surface area contributed by atoms with Gasteiger partial charge in [-0.25, -0.2) is 4.79 Å². The minimum Gasteiger partial charge on any atom is -0.449 e. The highest BCUT2D eigenvalue weighted by Gasteiger charge is 2.37. The lowest BCUT2D eigenvalue weighted by Gasteiger charge is -2.31. The Labute approximate surface area is 148 Å². The number of carbonyl (C=O) groups is 2. The van der Waals surface area contributed by atoms with E-state index in [9.17, 15) is 9.59 Å². The van der Waals surface area contributed by atoms with Gasteiger partial charge in [-0.1, -0.05) is 36.4 Å². The Morgan fingerprint density at radius 2 is 1.60 bits per heavy atom. The van der Waals surface area contributed by atoms with Crippen molar-refractivity contribution in [3.05, 3.63) is 70.8 Å². The van der Waals surface area contributed by atoms with Gasteiger partial charge in [0.05, 0.1) is 5.56 Å². The molecule has 4 heteroatoms. The average Bonchev–Trinajstić information content (AvgIpc) is 2.92. The maximum absolute atomic E-state index is 13.2. The maximum atomic E-state index is 13.2. The highest BCUT2D eigenvalue weighted by Crippen LogP contribution is 2.38. The maximum Gasteiger partial charge on any atom is 0.339 e. The molecule has 3 rings (SSSR count). The van der Waals surface area contributed by atoms with Crippen LogP contribution < -0.4 is 0 Å². The van der Waals surface area contributed by atoms with Crippen molar-refractivity contribution in [3.8, 4) is 0 Å². The quantitative estimate of drug-likeness (QED) is 0.785. The van der Waals surface area contributed by atoms with E-state index in [-0.39, 0.29) is 24.0 Å². The van der Waals surface area contributed by atoms with Crippen LogP contribution in [-0.2, 0) is 4.74 Å². The van der Waals surface area contributed by atoms with E-state index in [0.717, 1.165) is 5.56 Å². The predicted molar refractivity (Wildman–Crippen MR) is 96.6 cm³/mol. The van der Waals surface area contributed by atoms with Gasteiger partial charge in [0.25, 0.3) is 5.91 Å². The Kier molecular flexibility index (Phi) is 4.62. The Morgan fingerprint density at radius 1 is 0.960 bits per heavy atom. The van der Waals surface area contributed by atoms with Crippen LogP contribution >= 0.6 is 0 Å². The third-order valence-electron chi connectivity index (χ3n) is 4.49. The van der Waals surface area contributed by atoms with E-state index >= 15 is 0 Å². The molecule has 0 bridgehead atoms. The minimum absolute atomic E-state index is 0.0663. The van der Waals surface area contributed by atoms with Crippen molar-refractivity contribution in [1.29, 1.82) is 0 Å². The largest absolute Gasteiger partial charge is 0.449 e. The van der Waals surface area contributed by atoms with Gasteiger partial charge in [0, 0.05) is 23.2 Å². The van der Waals surface area contributed by atoms with E-state index in [1.807, 2.05) is 62.9 Å². The van der Waals surface area contributed by atoms with Crippen LogP contribution in [0.4, 0.5) is 0 Å². The van der Waals surface area contributed by atoms with Crippen LogP contribution in [0.1, 0.15) is 65.6 Å². The summed E-state index contributed by atoms with van der Waals surface area (Å²) in [6, 6.07) is 14.9. The second-order valence-corrected chi connectivity index (χ2v) is 6.86. The van der Waals surface area contributed by atoms with Crippen LogP contribution in [0.15, 0.2) is 48.5 Å². The van der Waals surface area contributed by atoms with E-state index < -0.39 is 6.10 Å². The number of carbonyl (C=O) groups excluding carboxylic acids is 2. The summed E-state index contributed by atoms with van der Waals surface area (Å²) >= 11 is 0. The molecule has 1 unspecified atom stereocenters. The lowest BCUT2D eigenvalue weighted by Crippen LogP contribution is -2.42. The van der Waals surface area contributed by atoms with Crippen LogP contribution in [0.3, 0.4) is 0 Å². The number of benzene rings is 2. The fourth-order valence-electron chi connectivity index (χ4n) is 3.51. The molecular formula is C21H23NO3. The van der Waals surface area contributed by atoms with Crippen molar-refractivity contribution in [2.24, 2.45) is 0 Å². The van der Waals surface area contributed by atoms with E-state index in [1.165, 1.54) is 0 Å². The molecule has 0 saturated carbocycles. The Hall–Kier alpha value is -2.62. The summed E-state index contributed by atoms with van der Waals surface area (Å²) < 4.78 is 5.60. The first-order chi connectivity index (χ1) is 11.9. The molecule has 0 N–H and O–H groups in total. The molecule has 1 atom stereocenters. The minimum atomic E-state index is -0.537. The van der Waals surface area contributed by atoms with E-state index in [1.54, 1.807) is 18.2 Å². The molecular weight excluding hydrogens is 314 g/mol. The zero-order valence-corrected chi connectivity index (χ0v) is 15.0. The van der Waals surface area contributed by atoms with Crippen LogP contribution in [0, 0.1) is 0 Å². The second-order valence-electron chi connectivity index (χ2n) is 6.86. The molecule has 0 saturated heterocycles. The van der Waals surface area contributed by atoms with Gasteiger partial charge in [-0.05, 0) is 45.4 Å². The number of cyclic esters (lactones) is 1. The lowest BCUT2D eigenvalue weighted by atomic mass is 9.93. The van der Waals surface area contributed by atoms with Crippen molar-refractivity contribution >= 4 is 11.9 Å². The Bertz CT molecular complexity index is 788. The topological polar surface area (TPSA) is 46.6 Å². The number of nitrogens with zero attached hydrogens (tertiary/aromatic N) is 1. The number of fused-ring (bicyclic) bond motifs is 1. The number of rotatable bonds is 4. The molecule has 1 amide bonds. The van der Waals surface area contributed by atoms with E-state index in [2.05, 4.69) is 0 Å². The third-order valence-corrected chi connectivity index (χ3v) is 4.49. The first-order valence-electron chi connectivity index (χ1n) is 8.63. The normalized spacial score (nSPS) is 16.1. The standard InChI is InChI=1S/C21H23NO3/c1-13(2)22(14(3)4)20(23)16-11-8-12-17-18(16)19(25-21(17)24)15-9-6-5-7-10-15/h5-14,19H,1-4H3. The van der Waals surface area contributed by atoms with Crippen molar-refractivity contribution in [2.75, 3.05) is 0 Å². The zero-order valence-electron chi connectivity index (χ0n) is 15.0. The lowest BCUT2D eigenvalue weighted by molar-refractivity contribution is 0.0450.